The summed E-state index contributed by atoms with van der Waals surface area (Å²) in [7, 11) is -34.4. The maximum absolute atomic E-state index is 12.8. The molecule has 0 spiro atoms. The molecule has 5 aromatic rings. The molecule has 0 bridgehead atoms. The van der Waals surface area contributed by atoms with Crippen molar-refractivity contribution in [3.63, 3.8) is 0 Å². The summed E-state index contributed by atoms with van der Waals surface area (Å²) < 4.78 is 152. The fourth-order valence-corrected chi connectivity index (χ4v) is 16.8. The highest BCUT2D eigenvalue weighted by molar-refractivity contribution is 7.67. The number of phosphoric ester groups is 2. The van der Waals surface area contributed by atoms with E-state index in [0.717, 1.165) is 17.1 Å². The van der Waals surface area contributed by atoms with E-state index in [1.54, 1.807) is 36.4 Å². The van der Waals surface area contributed by atoms with Crippen LogP contribution in [-0.2, 0) is 111 Å². The number of Topliss-reactive ketones (excluding diaryl/α,β-unsaturated/α-hetero) is 2. The largest absolute Gasteiger partial charge is 0.756 e. The predicted molar refractivity (Wildman–Crippen MR) is 435 cm³/mol. The van der Waals surface area contributed by atoms with Crippen LogP contribution in [0.4, 0.5) is 11.6 Å². The summed E-state index contributed by atoms with van der Waals surface area (Å²) in [5.74, 6) is 9.39. The van der Waals surface area contributed by atoms with Gasteiger partial charge in [0.2, 0.25) is 11.8 Å². The number of nitrogens with zero attached hydrogens (tertiary/aromatic N) is 17. The first-order chi connectivity index (χ1) is 61.5. The molecule has 2 fully saturated rings. The Balaban J connectivity index is 0.000000401. The molecule has 5 heterocycles. The molecule has 2 aliphatic rings. The summed E-state index contributed by atoms with van der Waals surface area (Å²) in [5, 5.41) is 24.3. The van der Waals surface area contributed by atoms with Gasteiger partial charge in [0.1, 0.15) is 111 Å². The normalized spacial score (nSPS) is 18.4. The Morgan fingerprint density at radius 2 is 1.05 bits per heavy atom. The van der Waals surface area contributed by atoms with Crippen LogP contribution in [-0.4, -0.2) is 236 Å². The van der Waals surface area contributed by atoms with Crippen LogP contribution in [0.25, 0.3) is 52.8 Å². The maximum atomic E-state index is 12.8. The van der Waals surface area contributed by atoms with Gasteiger partial charge in [-0.25, -0.2) is 41.9 Å². The van der Waals surface area contributed by atoms with Crippen LogP contribution in [0.2, 0.25) is 0 Å². The van der Waals surface area contributed by atoms with Crippen LogP contribution in [0.5, 0.6) is 11.5 Å². The second-order valence-corrected chi connectivity index (χ2v) is 34.7. The highest BCUT2D eigenvalue weighted by Crippen LogP contribution is 2.67. The van der Waals surface area contributed by atoms with Gasteiger partial charge in [-0.3, -0.25) is 37.4 Å². The van der Waals surface area contributed by atoms with Crippen molar-refractivity contribution in [2.45, 2.75) is 102 Å². The van der Waals surface area contributed by atoms with E-state index >= 15 is 0 Å². The lowest BCUT2D eigenvalue weighted by atomic mass is 10.2. The van der Waals surface area contributed by atoms with Gasteiger partial charge in [-0.05, 0) is 85.2 Å². The van der Waals surface area contributed by atoms with Crippen LogP contribution in [0, 0.1) is 23.7 Å². The average Bonchev–Trinajstić information content (AvgIpc) is 1.61. The van der Waals surface area contributed by atoms with Crippen molar-refractivity contribution in [1.82, 2.24) is 45.4 Å². The number of ketones is 2. The zero-order valence-electron chi connectivity index (χ0n) is 67.8. The molecular weight excluding hydrogens is 1870 g/mol. The number of ether oxygens (including phenoxy) is 10. The first kappa shape index (κ1) is 108. The Morgan fingerprint density at radius 1 is 0.600 bits per heavy atom. The van der Waals surface area contributed by atoms with Gasteiger partial charge in [0, 0.05) is 81.9 Å². The first-order valence-electron chi connectivity index (χ1n) is 37.1. The molecule has 130 heavy (non-hydrogen) atoms. The van der Waals surface area contributed by atoms with E-state index in [1.807, 2.05) is 0 Å². The Morgan fingerprint density at radius 3 is 1.50 bits per heavy atom. The van der Waals surface area contributed by atoms with Gasteiger partial charge in [0.25, 0.3) is 19.6 Å². The van der Waals surface area contributed by atoms with E-state index in [1.165, 1.54) is 36.7 Å². The van der Waals surface area contributed by atoms with Crippen LogP contribution in [0.3, 0.4) is 0 Å². The quantitative estimate of drug-likeness (QED) is 0.00662. The Labute approximate surface area is 732 Å². The number of nitrogens with two attached hydrogens (primary N) is 2. The molecule has 708 valence electrons. The molecule has 0 aliphatic carbocycles. The Bertz CT molecular complexity index is 5490. The Kier molecular flexibility index (Phi) is 44.5. The lowest BCUT2D eigenvalue weighted by Gasteiger charge is -2.22. The summed E-state index contributed by atoms with van der Waals surface area (Å²) in [6, 6.07) is 12.5. The van der Waals surface area contributed by atoms with Crippen molar-refractivity contribution in [2.75, 3.05) is 117 Å². The summed E-state index contributed by atoms with van der Waals surface area (Å²) in [5.41, 5.74) is 47.3. The third-order valence-electron chi connectivity index (χ3n) is 16.1. The molecule has 13 atom stereocenters. The number of nitrogen functional groups attached to an aromatic ring is 2. The number of anilines is 2. The number of aromatic nitrogens is 5. The molecular formula is C64H84N23O37P6-. The molecule has 15 N–H and O–H groups in total. The van der Waals surface area contributed by atoms with Crippen molar-refractivity contribution < 1.29 is 169 Å². The second-order valence-electron chi connectivity index (χ2n) is 25.9. The molecule has 60 nitrogen and oxygen atoms in total. The summed E-state index contributed by atoms with van der Waals surface area (Å²) in [4.78, 5) is 183. The summed E-state index contributed by atoms with van der Waals surface area (Å²) in [6.07, 6.45) is -4.02. The number of rotatable bonds is 54. The summed E-state index contributed by atoms with van der Waals surface area (Å²) in [6.45, 7) is -1.36. The van der Waals surface area contributed by atoms with Gasteiger partial charge in [0.05, 0.1) is 81.5 Å². The van der Waals surface area contributed by atoms with Crippen LogP contribution in [0.15, 0.2) is 92.5 Å². The minimum absolute atomic E-state index is 0.0159. The number of fused-ring (bicyclic) bond motifs is 1. The van der Waals surface area contributed by atoms with Crippen molar-refractivity contribution in [2.24, 2.45) is 20.5 Å². The van der Waals surface area contributed by atoms with E-state index in [9.17, 15) is 85.4 Å². The monoisotopic (exact) mass is 1950 g/mol. The number of phosphoric acid groups is 6. The van der Waals surface area contributed by atoms with Crippen LogP contribution < -0.4 is 52.8 Å². The minimum Gasteiger partial charge on any atom is -0.756 e. The van der Waals surface area contributed by atoms with E-state index in [-0.39, 0.29) is 129 Å². The van der Waals surface area contributed by atoms with E-state index in [0.29, 0.717) is 61.4 Å². The molecule has 66 heteroatoms. The third kappa shape index (κ3) is 40.7. The zero-order valence-corrected chi connectivity index (χ0v) is 73.2. The van der Waals surface area contributed by atoms with Crippen molar-refractivity contribution >= 4 is 105 Å². The molecule has 2 saturated heterocycles. The lowest BCUT2D eigenvalue weighted by Crippen LogP contribution is -2.30. The molecule has 7 rings (SSSR count). The molecule has 4 amide bonds. The number of benzene rings is 2. The van der Waals surface area contributed by atoms with Crippen molar-refractivity contribution in [3.05, 3.63) is 142 Å². The van der Waals surface area contributed by atoms with Gasteiger partial charge >= 0.3 is 44.8 Å². The smallest absolute Gasteiger partial charge is 0.490 e. The minimum atomic E-state index is -5.90. The van der Waals surface area contributed by atoms with Crippen LogP contribution >= 0.6 is 46.9 Å². The van der Waals surface area contributed by atoms with Gasteiger partial charge in [0.15, 0.2) is 12.5 Å². The number of azide groups is 4. The average molecular weight is 1950 g/mol. The fraction of sp³-hybridized carbons (Fsp3) is 0.500. The Hall–Kier alpha value is -10.8. The van der Waals surface area contributed by atoms with E-state index < -0.39 is 147 Å². The number of amides is 4. The highest BCUT2D eigenvalue weighted by Gasteiger charge is 2.46. The predicted octanol–water partition coefficient (Wildman–Crippen LogP) is 3.41. The SMILES string of the molecule is CC(=O)CCCNC(=O)c1cccc(OCC(N=[N+]=[N-])OCCOCC(=O)NCC#Cc2cn(C3CC(OCN=[N+]=[N-])C(COP(=O)(O)OP(=O)(O)OP(=O)(O)O)O3)c3ncnc(N)c23)c1.CC(=O)CCCNC(=O)c1cccc(OCC(N=[N+]=[N-])OCCOCC(=O)NCC#Cc2cn(C3CC(OCN=[N+]=[N-])[C@H](COP(=O)(O)OP(=O)(O)OP(=O)([O-])O)O3)c(=O)nc2N)c1. The van der Waals surface area contributed by atoms with Gasteiger partial charge in [-0.2, -0.15) is 17.9 Å². The topological polar surface area (TPSA) is 878 Å². The van der Waals surface area contributed by atoms with Crippen molar-refractivity contribution in [3.8, 4) is 35.2 Å². The zero-order chi connectivity index (χ0) is 95.7. The maximum Gasteiger partial charge on any atom is 0.490 e. The number of carbonyl (C=O) groups excluding carboxylic acids is 6. The standard InChI is InChI=1S/C33H43N12O18P3.C31H42N11O19P3/c1-21(46)5-3-10-38-33(48)22-6-2-8-24(13-22)58-18-28(42-44-36)57-12-11-56-17-27(47)37-9-4-7-23-15-45(32-30(23)31(34)39-19-40-32)29-14-25(59-20-41-43-35)26(61-29)16-60-65(52,53)63-66(54,55)62-64(49,50)51;1-20(43)5-3-10-36-30(45)21-6-2-8-23(13-21)56-18-27(39-41-34)55-12-11-54-17-26(44)35-9-4-7-22-15-42(31(46)38-29(22)32)28-14-24(57-19-37-40-33)25(59-28)16-58-63(50,51)61-64(52,53)60-62(47,48)49/h2,6,8,13,15,19,25-26,28-29H,3,5,9-12,14,16-18,20H2,1H3,(H,37,47)(H,38,48)(H,52,53)(H,54,55)(H2,34,39,40)(H2,49,50,51);2,6,8,13,15,24-25,27-28H,3,5,9-12,14,16-19H2,1H3,(H,35,44)(H,36,45)(H,50,51)(H,52,53)(H2,32,38,46)(H2,47,48,49)/p-1/t;24?,25-,27?,28?/m.0/s1. The number of hydrogen-bond donors (Lipinski definition) is 13. The second kappa shape index (κ2) is 53.5. The van der Waals surface area contributed by atoms with Gasteiger partial charge < -0.3 is 133 Å². The van der Waals surface area contributed by atoms with Crippen LogP contribution in [0.1, 0.15) is 96.7 Å². The fourth-order valence-electron chi connectivity index (χ4n) is 10.7. The number of carbonyl (C=O) groups is 6. The highest BCUT2D eigenvalue weighted by atomic mass is 31.3. The molecule has 12 unspecified atom stereocenters. The molecule has 3 aromatic heterocycles. The van der Waals surface area contributed by atoms with E-state index in [4.69, 9.17) is 100 Å². The number of nitrogens with one attached hydrogen (secondary N) is 4. The molecule has 0 radical (unpaired) electrons. The third-order valence-corrected chi connectivity index (χ3v) is 23.7. The molecule has 2 aromatic carbocycles. The van der Waals surface area contributed by atoms with E-state index in [2.05, 4.69) is 122 Å². The molecule has 2 aliphatic heterocycles. The number of hydrogen-bond acceptors (Lipinski definition) is 39. The lowest BCUT2D eigenvalue weighted by molar-refractivity contribution is -0.212. The first-order valence-corrected chi connectivity index (χ1v) is 46.1. The van der Waals surface area contributed by atoms with Gasteiger partial charge in [-0.15, -0.1) is 0 Å². The van der Waals surface area contributed by atoms with Gasteiger partial charge in [-0.1, -0.05) is 56.3 Å². The summed E-state index contributed by atoms with van der Waals surface area (Å²) >= 11 is 0. The molecule has 0 saturated carbocycles. The van der Waals surface area contributed by atoms with Crippen molar-refractivity contribution in [1.29, 1.82) is 0 Å².